The van der Waals surface area contributed by atoms with E-state index >= 15 is 0 Å². The van der Waals surface area contributed by atoms with E-state index in [0.29, 0.717) is 12.2 Å². The molecule has 118 valence electrons. The van der Waals surface area contributed by atoms with Gasteiger partial charge in [0.2, 0.25) is 10.0 Å². The lowest BCUT2D eigenvalue weighted by Gasteiger charge is -2.18. The van der Waals surface area contributed by atoms with Crippen LogP contribution < -0.4 is 4.72 Å². The lowest BCUT2D eigenvalue weighted by Crippen LogP contribution is -2.36. The second kappa shape index (κ2) is 7.49. The number of rotatable bonds is 7. The summed E-state index contributed by atoms with van der Waals surface area (Å²) in [7, 11) is -3.81. The van der Waals surface area contributed by atoms with Crippen LogP contribution in [0.4, 0.5) is 0 Å². The Morgan fingerprint density at radius 3 is 2.57 bits per heavy atom. The number of thioether (sulfide) groups is 1. The fraction of sp³-hybridized carbons (Fsp3) is 0.462. The Kier molecular flexibility index (Phi) is 6.52. The van der Waals surface area contributed by atoms with Crippen LogP contribution in [0.5, 0.6) is 0 Å². The molecule has 1 atom stereocenters. The summed E-state index contributed by atoms with van der Waals surface area (Å²) >= 11 is 7.38. The Labute approximate surface area is 134 Å². The third-order valence-corrected chi connectivity index (χ3v) is 5.63. The van der Waals surface area contributed by atoms with Gasteiger partial charge < -0.3 is 5.11 Å². The third-order valence-electron chi connectivity index (χ3n) is 3.03. The molecule has 0 aliphatic heterocycles. The molecule has 0 bridgehead atoms. The van der Waals surface area contributed by atoms with E-state index < -0.39 is 16.0 Å². The highest BCUT2D eigenvalue weighted by atomic mass is 35.5. The summed E-state index contributed by atoms with van der Waals surface area (Å²) in [5.41, 5.74) is 0.0687. The van der Waals surface area contributed by atoms with Gasteiger partial charge in [0.1, 0.15) is 0 Å². The van der Waals surface area contributed by atoms with Crippen LogP contribution in [0, 0.1) is 6.92 Å². The molecule has 1 aromatic rings. The first-order valence-electron chi connectivity index (χ1n) is 6.27. The SMILES string of the molecule is CCC(CSC)NS(=O)(=O)c1cc(Cl)cc(C(=O)O)c1C. The first kappa shape index (κ1) is 18.3. The van der Waals surface area contributed by atoms with E-state index in [0.717, 1.165) is 0 Å². The number of carbonyl (C=O) groups is 1. The predicted octanol–water partition coefficient (Wildman–Crippen LogP) is 2.77. The molecule has 0 fully saturated rings. The largest absolute Gasteiger partial charge is 0.478 e. The topological polar surface area (TPSA) is 83.5 Å². The van der Waals surface area contributed by atoms with E-state index in [1.54, 1.807) is 0 Å². The Morgan fingerprint density at radius 1 is 1.48 bits per heavy atom. The molecule has 1 aromatic carbocycles. The van der Waals surface area contributed by atoms with Gasteiger partial charge in [0, 0.05) is 16.8 Å². The van der Waals surface area contributed by atoms with Crippen LogP contribution in [-0.2, 0) is 10.0 Å². The molecular weight excluding hydrogens is 334 g/mol. The molecule has 0 saturated heterocycles. The number of hydrogen-bond donors (Lipinski definition) is 2. The molecule has 21 heavy (non-hydrogen) atoms. The van der Waals surface area contributed by atoms with Crippen molar-refractivity contribution in [2.75, 3.05) is 12.0 Å². The average Bonchev–Trinajstić information content (AvgIpc) is 2.39. The van der Waals surface area contributed by atoms with E-state index in [-0.39, 0.29) is 27.1 Å². The van der Waals surface area contributed by atoms with E-state index in [2.05, 4.69) is 4.72 Å². The van der Waals surface area contributed by atoms with Gasteiger partial charge in [-0.05, 0) is 37.3 Å². The number of aromatic carboxylic acids is 1. The van der Waals surface area contributed by atoms with Crippen molar-refractivity contribution in [3.8, 4) is 0 Å². The summed E-state index contributed by atoms with van der Waals surface area (Å²) in [5, 5.41) is 9.20. The van der Waals surface area contributed by atoms with Crippen LogP contribution in [0.15, 0.2) is 17.0 Å². The Bertz CT molecular complexity index is 631. The van der Waals surface area contributed by atoms with Crippen molar-refractivity contribution >= 4 is 39.4 Å². The molecule has 5 nitrogen and oxygen atoms in total. The number of hydrogen-bond acceptors (Lipinski definition) is 4. The van der Waals surface area contributed by atoms with Crippen molar-refractivity contribution in [3.05, 3.63) is 28.3 Å². The Morgan fingerprint density at radius 2 is 2.10 bits per heavy atom. The minimum Gasteiger partial charge on any atom is -0.478 e. The average molecular weight is 352 g/mol. The van der Waals surface area contributed by atoms with Crippen molar-refractivity contribution in [1.82, 2.24) is 4.72 Å². The van der Waals surface area contributed by atoms with E-state index in [1.807, 2.05) is 13.2 Å². The molecule has 0 spiro atoms. The lowest BCUT2D eigenvalue weighted by atomic mass is 10.1. The maximum absolute atomic E-state index is 12.5. The number of nitrogens with one attached hydrogen (secondary N) is 1. The maximum Gasteiger partial charge on any atom is 0.336 e. The minimum atomic E-state index is -3.81. The van der Waals surface area contributed by atoms with Crippen molar-refractivity contribution in [3.63, 3.8) is 0 Å². The number of carboxylic acids is 1. The van der Waals surface area contributed by atoms with Gasteiger partial charge in [0.05, 0.1) is 10.5 Å². The first-order chi connectivity index (χ1) is 9.72. The van der Waals surface area contributed by atoms with Crippen LogP contribution in [0.25, 0.3) is 0 Å². The molecule has 0 saturated carbocycles. The molecule has 0 heterocycles. The van der Waals surface area contributed by atoms with Gasteiger partial charge in [-0.3, -0.25) is 0 Å². The number of halogens is 1. The summed E-state index contributed by atoms with van der Waals surface area (Å²) in [6, 6.07) is 2.31. The zero-order chi connectivity index (χ0) is 16.2. The molecule has 0 radical (unpaired) electrons. The second-order valence-electron chi connectivity index (χ2n) is 4.56. The van der Waals surface area contributed by atoms with Crippen molar-refractivity contribution in [2.45, 2.75) is 31.2 Å². The van der Waals surface area contributed by atoms with Crippen LogP contribution >= 0.6 is 23.4 Å². The van der Waals surface area contributed by atoms with Crippen LogP contribution in [-0.4, -0.2) is 37.5 Å². The van der Waals surface area contributed by atoms with E-state index in [9.17, 15) is 13.2 Å². The number of carboxylic acid groups (broad SMARTS) is 1. The second-order valence-corrected chi connectivity index (χ2v) is 7.59. The van der Waals surface area contributed by atoms with Gasteiger partial charge >= 0.3 is 5.97 Å². The summed E-state index contributed by atoms with van der Waals surface area (Å²) in [4.78, 5) is 11.1. The van der Waals surface area contributed by atoms with Crippen LogP contribution in [0.1, 0.15) is 29.3 Å². The molecule has 0 aliphatic rings. The van der Waals surface area contributed by atoms with E-state index in [1.165, 1.54) is 30.8 Å². The minimum absolute atomic E-state index is 0.0799. The molecular formula is C13H18ClNO4S2. The van der Waals surface area contributed by atoms with Gasteiger partial charge in [0.25, 0.3) is 0 Å². The Balaban J connectivity index is 3.28. The molecule has 0 amide bonds. The first-order valence-corrected chi connectivity index (χ1v) is 9.53. The van der Waals surface area contributed by atoms with Gasteiger partial charge in [-0.2, -0.15) is 11.8 Å². The standard InChI is InChI=1S/C13H18ClNO4S2/c1-4-10(7-20-3)15-21(18,19)12-6-9(14)5-11(8(12)2)13(16)17/h5-6,10,15H,4,7H2,1-3H3,(H,16,17). The molecule has 1 unspecified atom stereocenters. The summed E-state index contributed by atoms with van der Waals surface area (Å²) in [5.74, 6) is -0.566. The van der Waals surface area contributed by atoms with Crippen molar-refractivity contribution in [2.24, 2.45) is 0 Å². The zero-order valence-electron chi connectivity index (χ0n) is 12.0. The van der Waals surface area contributed by atoms with E-state index in [4.69, 9.17) is 16.7 Å². The number of benzene rings is 1. The highest BCUT2D eigenvalue weighted by molar-refractivity contribution is 7.98. The maximum atomic E-state index is 12.5. The van der Waals surface area contributed by atoms with Crippen molar-refractivity contribution in [1.29, 1.82) is 0 Å². The summed E-state index contributed by atoms with van der Waals surface area (Å²) in [6.45, 7) is 3.35. The fourth-order valence-electron chi connectivity index (χ4n) is 1.87. The predicted molar refractivity (Wildman–Crippen MR) is 85.9 cm³/mol. The smallest absolute Gasteiger partial charge is 0.336 e. The monoisotopic (exact) mass is 351 g/mol. The highest BCUT2D eigenvalue weighted by Crippen LogP contribution is 2.25. The van der Waals surface area contributed by atoms with Gasteiger partial charge in [0.15, 0.2) is 0 Å². The van der Waals surface area contributed by atoms with Gasteiger partial charge in [-0.1, -0.05) is 18.5 Å². The van der Waals surface area contributed by atoms with Crippen LogP contribution in [0.3, 0.4) is 0 Å². The highest BCUT2D eigenvalue weighted by Gasteiger charge is 2.24. The van der Waals surface area contributed by atoms with Crippen LogP contribution in [0.2, 0.25) is 5.02 Å². The zero-order valence-corrected chi connectivity index (χ0v) is 14.4. The molecule has 0 aromatic heterocycles. The molecule has 2 N–H and O–H groups in total. The normalized spacial score (nSPS) is 13.1. The molecule has 1 rings (SSSR count). The quantitative estimate of drug-likeness (QED) is 0.789. The Hall–Kier alpha value is -0.760. The summed E-state index contributed by atoms with van der Waals surface area (Å²) in [6.07, 6.45) is 2.54. The summed E-state index contributed by atoms with van der Waals surface area (Å²) < 4.78 is 27.5. The lowest BCUT2D eigenvalue weighted by molar-refractivity contribution is 0.0696. The molecule has 8 heteroatoms. The number of sulfonamides is 1. The van der Waals surface area contributed by atoms with Crippen molar-refractivity contribution < 1.29 is 18.3 Å². The van der Waals surface area contributed by atoms with Gasteiger partial charge in [-0.25, -0.2) is 17.9 Å². The third kappa shape index (κ3) is 4.60. The fourth-order valence-corrected chi connectivity index (χ4v) is 4.60. The molecule has 0 aliphatic carbocycles. The van der Waals surface area contributed by atoms with Gasteiger partial charge in [-0.15, -0.1) is 0 Å².